The summed E-state index contributed by atoms with van der Waals surface area (Å²) >= 11 is 0. The van der Waals surface area contributed by atoms with Crippen LogP contribution < -0.4 is 0 Å². The highest BCUT2D eigenvalue weighted by Crippen LogP contribution is 2.26. The van der Waals surface area contributed by atoms with Gasteiger partial charge < -0.3 is 4.74 Å². The van der Waals surface area contributed by atoms with Crippen LogP contribution in [0.1, 0.15) is 67.2 Å². The molecule has 1 unspecified atom stereocenters. The Morgan fingerprint density at radius 3 is 2.12 bits per heavy atom. The number of hydrogen-bond donors (Lipinski definition) is 0. The Morgan fingerprint density at radius 2 is 1.82 bits per heavy atom. The van der Waals surface area contributed by atoms with Crippen LogP contribution in [0, 0.1) is 5.92 Å². The van der Waals surface area contributed by atoms with Crippen LogP contribution in [0.25, 0.3) is 0 Å². The summed E-state index contributed by atoms with van der Waals surface area (Å²) in [6.07, 6.45) is 4.52. The largest absolute Gasteiger partial charge is 0.461 e. The monoisotopic (exact) mass is 242 g/mol. The lowest BCUT2D eigenvalue weighted by Gasteiger charge is -2.31. The molecule has 0 aliphatic rings. The Balaban J connectivity index is 0. The summed E-state index contributed by atoms with van der Waals surface area (Å²) < 4.78 is 5.16. The minimum atomic E-state index is -0.267. The molecule has 2 heteroatoms. The number of rotatable bonds is 7. The molecular formula is C15H30O2. The van der Waals surface area contributed by atoms with Crippen molar-refractivity contribution in [3.63, 3.8) is 0 Å². The molecule has 0 rings (SSSR count). The number of ether oxygens (including phenoxy) is 1. The molecule has 0 N–H and O–H groups in total. The summed E-state index contributed by atoms with van der Waals surface area (Å²) in [5, 5.41) is 0. The second-order valence-electron chi connectivity index (χ2n) is 5.35. The van der Waals surface area contributed by atoms with Gasteiger partial charge in [0.25, 0.3) is 6.47 Å². The number of allylic oxidation sites excluding steroid dienone is 1. The second-order valence-corrected chi connectivity index (χ2v) is 5.35. The number of hydrogen-bond acceptors (Lipinski definition) is 2. The zero-order chi connectivity index (χ0) is 13.9. The first kappa shape index (κ1) is 18.6. The third kappa shape index (κ3) is 11.5. The van der Waals surface area contributed by atoms with Crippen molar-refractivity contribution in [3.05, 3.63) is 12.2 Å². The van der Waals surface area contributed by atoms with Crippen molar-refractivity contribution in [1.82, 2.24) is 0 Å². The fraction of sp³-hybridized carbons (Fsp3) is 0.800. The molecule has 0 aliphatic heterocycles. The van der Waals surface area contributed by atoms with Gasteiger partial charge >= 0.3 is 0 Å². The van der Waals surface area contributed by atoms with E-state index < -0.39 is 0 Å². The molecule has 0 heterocycles. The average molecular weight is 242 g/mol. The Morgan fingerprint density at radius 1 is 1.35 bits per heavy atom. The molecule has 0 aromatic rings. The number of unbranched alkanes of at least 4 members (excludes halogenated alkanes) is 2. The fourth-order valence-corrected chi connectivity index (χ4v) is 1.32. The topological polar surface area (TPSA) is 26.3 Å². The zero-order valence-corrected chi connectivity index (χ0v) is 12.5. The second kappa shape index (κ2) is 10.4. The van der Waals surface area contributed by atoms with Gasteiger partial charge in [0.1, 0.15) is 5.60 Å². The molecule has 0 saturated heterocycles. The van der Waals surface area contributed by atoms with Gasteiger partial charge in [-0.15, -0.1) is 6.58 Å². The SMILES string of the molecule is C=C(C)C.CCCCCC(C)(OC=O)C(C)C. The van der Waals surface area contributed by atoms with E-state index in [0.717, 1.165) is 12.8 Å². The van der Waals surface area contributed by atoms with E-state index in [2.05, 4.69) is 27.4 Å². The van der Waals surface area contributed by atoms with Crippen molar-refractivity contribution in [3.8, 4) is 0 Å². The van der Waals surface area contributed by atoms with Crippen LogP contribution in [0.3, 0.4) is 0 Å². The maximum Gasteiger partial charge on any atom is 0.293 e. The Bertz CT molecular complexity index is 205. The number of carbonyl (C=O) groups is 1. The quantitative estimate of drug-likeness (QED) is 0.366. The van der Waals surface area contributed by atoms with Gasteiger partial charge in [0.15, 0.2) is 0 Å². The zero-order valence-electron chi connectivity index (χ0n) is 12.5. The van der Waals surface area contributed by atoms with Gasteiger partial charge in [0, 0.05) is 0 Å². The molecule has 0 radical (unpaired) electrons. The van der Waals surface area contributed by atoms with Crippen LogP contribution in [0.4, 0.5) is 0 Å². The Labute approximate surface area is 107 Å². The molecule has 0 bridgehead atoms. The molecule has 1 atom stereocenters. The van der Waals surface area contributed by atoms with Crippen LogP contribution in [-0.2, 0) is 9.53 Å². The first-order valence-corrected chi connectivity index (χ1v) is 6.53. The van der Waals surface area contributed by atoms with Crippen molar-refractivity contribution < 1.29 is 9.53 Å². The molecule has 0 saturated carbocycles. The molecule has 17 heavy (non-hydrogen) atoms. The minimum absolute atomic E-state index is 0.267. The first-order chi connectivity index (χ1) is 7.80. The van der Waals surface area contributed by atoms with E-state index in [1.807, 2.05) is 20.8 Å². The number of carbonyl (C=O) groups excluding carboxylic acids is 1. The summed E-state index contributed by atoms with van der Waals surface area (Å²) in [5.41, 5.74) is 0.900. The summed E-state index contributed by atoms with van der Waals surface area (Å²) in [6.45, 7) is 16.5. The van der Waals surface area contributed by atoms with Gasteiger partial charge in [0.05, 0.1) is 0 Å². The molecular weight excluding hydrogens is 212 g/mol. The van der Waals surface area contributed by atoms with E-state index in [4.69, 9.17) is 4.74 Å². The normalized spacial score (nSPS) is 13.4. The summed E-state index contributed by atoms with van der Waals surface area (Å²) in [6, 6.07) is 0. The maximum atomic E-state index is 10.3. The van der Waals surface area contributed by atoms with E-state index in [1.54, 1.807) is 0 Å². The molecule has 0 aliphatic carbocycles. The molecule has 0 aromatic carbocycles. The molecule has 0 aromatic heterocycles. The fourth-order valence-electron chi connectivity index (χ4n) is 1.32. The molecule has 2 nitrogen and oxygen atoms in total. The average Bonchev–Trinajstić information content (AvgIpc) is 2.17. The van der Waals surface area contributed by atoms with Gasteiger partial charge in [-0.1, -0.05) is 39.2 Å². The van der Waals surface area contributed by atoms with E-state index in [-0.39, 0.29) is 5.60 Å². The van der Waals surface area contributed by atoms with E-state index >= 15 is 0 Å². The lowest BCUT2D eigenvalue weighted by Crippen LogP contribution is -2.34. The van der Waals surface area contributed by atoms with Crippen molar-refractivity contribution in [1.29, 1.82) is 0 Å². The highest BCUT2D eigenvalue weighted by atomic mass is 16.5. The lowest BCUT2D eigenvalue weighted by atomic mass is 9.87. The van der Waals surface area contributed by atoms with E-state index in [1.165, 1.54) is 18.4 Å². The van der Waals surface area contributed by atoms with Gasteiger partial charge in [-0.3, -0.25) is 4.79 Å². The van der Waals surface area contributed by atoms with Crippen molar-refractivity contribution in [2.24, 2.45) is 5.92 Å². The highest BCUT2D eigenvalue weighted by molar-refractivity contribution is 5.38. The molecule has 0 fully saturated rings. The molecule has 0 spiro atoms. The predicted octanol–water partition coefficient (Wildman–Crippen LogP) is 4.74. The van der Waals surface area contributed by atoms with Crippen LogP contribution in [0.2, 0.25) is 0 Å². The molecule has 0 amide bonds. The maximum absolute atomic E-state index is 10.3. The van der Waals surface area contributed by atoms with Crippen LogP contribution in [0.15, 0.2) is 12.2 Å². The summed E-state index contributed by atoms with van der Waals surface area (Å²) in [7, 11) is 0. The van der Waals surface area contributed by atoms with Gasteiger partial charge in [0.2, 0.25) is 0 Å². The van der Waals surface area contributed by atoms with E-state index in [0.29, 0.717) is 12.4 Å². The van der Waals surface area contributed by atoms with Gasteiger partial charge in [-0.2, -0.15) is 0 Å². The third-order valence-electron chi connectivity index (χ3n) is 2.82. The van der Waals surface area contributed by atoms with Gasteiger partial charge in [-0.25, -0.2) is 0 Å². The Kier molecular flexibility index (Phi) is 11.3. The highest BCUT2D eigenvalue weighted by Gasteiger charge is 2.29. The minimum Gasteiger partial charge on any atom is -0.461 e. The third-order valence-corrected chi connectivity index (χ3v) is 2.82. The molecule has 102 valence electrons. The van der Waals surface area contributed by atoms with Gasteiger partial charge in [-0.05, 0) is 39.5 Å². The van der Waals surface area contributed by atoms with E-state index in [9.17, 15) is 4.79 Å². The van der Waals surface area contributed by atoms with Crippen LogP contribution in [-0.4, -0.2) is 12.1 Å². The van der Waals surface area contributed by atoms with Crippen LogP contribution in [0.5, 0.6) is 0 Å². The van der Waals surface area contributed by atoms with Crippen molar-refractivity contribution >= 4 is 6.47 Å². The summed E-state index contributed by atoms with van der Waals surface area (Å²) in [4.78, 5) is 10.3. The van der Waals surface area contributed by atoms with Crippen molar-refractivity contribution in [2.75, 3.05) is 0 Å². The summed E-state index contributed by atoms with van der Waals surface area (Å²) in [5.74, 6) is 0.384. The predicted molar refractivity (Wildman–Crippen MR) is 75.0 cm³/mol. The standard InChI is InChI=1S/C11H22O2.C4H8/c1-5-6-7-8-11(4,10(2)3)13-9-12;1-4(2)3/h9-10H,5-8H2,1-4H3;1H2,2-3H3. The van der Waals surface area contributed by atoms with Crippen LogP contribution >= 0.6 is 0 Å². The lowest BCUT2D eigenvalue weighted by molar-refractivity contribution is -0.147. The smallest absolute Gasteiger partial charge is 0.293 e. The van der Waals surface area contributed by atoms with Crippen molar-refractivity contribution in [2.45, 2.75) is 72.8 Å². The Hall–Kier alpha value is -0.790. The first-order valence-electron chi connectivity index (χ1n) is 6.53.